The van der Waals surface area contributed by atoms with Gasteiger partial charge in [-0.1, -0.05) is 44.2 Å². The predicted molar refractivity (Wildman–Crippen MR) is 73.9 cm³/mol. The van der Waals surface area contributed by atoms with Crippen LogP contribution in [0.5, 0.6) is 0 Å². The highest BCUT2D eigenvalue weighted by Gasteiger charge is 2.30. The van der Waals surface area contributed by atoms with Gasteiger partial charge in [-0.15, -0.1) is 0 Å². The maximum atomic E-state index is 11.9. The van der Waals surface area contributed by atoms with Gasteiger partial charge < -0.3 is 10.1 Å². The molecule has 0 radical (unpaired) electrons. The van der Waals surface area contributed by atoms with Crippen molar-refractivity contribution in [3.05, 3.63) is 35.9 Å². The van der Waals surface area contributed by atoms with Crippen LogP contribution in [0.3, 0.4) is 0 Å². The molecule has 0 aliphatic rings. The minimum atomic E-state index is -4.42. The number of amides is 1. The van der Waals surface area contributed by atoms with Crippen LogP contribution >= 0.6 is 0 Å². The number of nitrogens with one attached hydrogen (secondary N) is 1. The van der Waals surface area contributed by atoms with Gasteiger partial charge in [0.15, 0.2) is 0 Å². The average Bonchev–Trinajstić information content (AvgIpc) is 2.38. The Morgan fingerprint density at radius 1 is 1.24 bits per heavy atom. The third-order valence-corrected chi connectivity index (χ3v) is 3.48. The molecule has 1 aromatic rings. The topological polar surface area (TPSA) is 38.3 Å². The Balaban J connectivity index is 2.52. The fourth-order valence-electron chi connectivity index (χ4n) is 1.84. The maximum absolute atomic E-state index is 11.9. The molecule has 0 aliphatic carbocycles. The van der Waals surface area contributed by atoms with Gasteiger partial charge in [-0.3, -0.25) is 4.79 Å². The van der Waals surface area contributed by atoms with E-state index in [2.05, 4.69) is 10.1 Å². The second-order valence-corrected chi connectivity index (χ2v) is 5.48. The van der Waals surface area contributed by atoms with E-state index in [1.54, 1.807) is 0 Å². The number of carbonyl (C=O) groups is 1. The number of carbonyl (C=O) groups excluding carboxylic acids is 1. The Hall–Kier alpha value is -1.56. The van der Waals surface area contributed by atoms with Gasteiger partial charge in [0.25, 0.3) is 0 Å². The molecule has 1 rings (SSSR count). The van der Waals surface area contributed by atoms with E-state index < -0.39 is 25.3 Å². The molecule has 0 bridgehead atoms. The first-order valence-electron chi connectivity index (χ1n) is 6.62. The quantitative estimate of drug-likeness (QED) is 0.877. The number of benzene rings is 1. The van der Waals surface area contributed by atoms with Crippen LogP contribution in [0.2, 0.25) is 0 Å². The predicted octanol–water partition coefficient (Wildman–Crippen LogP) is 3.05. The summed E-state index contributed by atoms with van der Waals surface area (Å²) in [5, 5.41) is 2.67. The minimum Gasteiger partial charge on any atom is -0.362 e. The fourth-order valence-corrected chi connectivity index (χ4v) is 1.84. The van der Waals surface area contributed by atoms with E-state index in [4.69, 9.17) is 0 Å². The lowest BCUT2D eigenvalue weighted by molar-refractivity contribution is -0.175. The standard InChI is InChI=1S/C15H20F3NO2/c1-11(14(2,3)12-7-5-4-6-8-12)19-13(20)9-21-10-15(16,17)18/h4-8,11H,9-10H2,1-3H3,(H,19,20)/t11-/m0/s1. The molecule has 0 spiro atoms. The zero-order chi connectivity index (χ0) is 16.1. The van der Waals surface area contributed by atoms with Crippen molar-refractivity contribution in [3.8, 4) is 0 Å². The molecular formula is C15H20F3NO2. The van der Waals surface area contributed by atoms with Crippen molar-refractivity contribution >= 4 is 5.91 Å². The summed E-state index contributed by atoms with van der Waals surface area (Å²) in [6.45, 7) is 3.72. The molecule has 0 unspecified atom stereocenters. The number of hydrogen-bond acceptors (Lipinski definition) is 2. The van der Waals surface area contributed by atoms with Crippen molar-refractivity contribution in [2.75, 3.05) is 13.2 Å². The van der Waals surface area contributed by atoms with Gasteiger partial charge in [-0.05, 0) is 12.5 Å². The number of hydrogen-bond donors (Lipinski definition) is 1. The highest BCUT2D eigenvalue weighted by molar-refractivity contribution is 5.77. The molecule has 118 valence electrons. The van der Waals surface area contributed by atoms with Gasteiger partial charge in [0.1, 0.15) is 13.2 Å². The van der Waals surface area contributed by atoms with E-state index in [0.29, 0.717) is 0 Å². The van der Waals surface area contributed by atoms with Gasteiger partial charge >= 0.3 is 6.18 Å². The summed E-state index contributed by atoms with van der Waals surface area (Å²) in [6.07, 6.45) is -4.42. The Labute approximate surface area is 122 Å². The first-order chi connectivity index (χ1) is 9.63. The summed E-state index contributed by atoms with van der Waals surface area (Å²) in [7, 11) is 0. The number of ether oxygens (including phenoxy) is 1. The minimum absolute atomic E-state index is 0.248. The summed E-state index contributed by atoms with van der Waals surface area (Å²) >= 11 is 0. The smallest absolute Gasteiger partial charge is 0.362 e. The van der Waals surface area contributed by atoms with E-state index in [1.807, 2.05) is 51.1 Å². The Bertz CT molecular complexity index is 458. The van der Waals surface area contributed by atoms with Crippen molar-refractivity contribution < 1.29 is 22.7 Å². The Kier molecular flexibility index (Phi) is 5.78. The van der Waals surface area contributed by atoms with E-state index >= 15 is 0 Å². The lowest BCUT2D eigenvalue weighted by Gasteiger charge is -2.33. The molecule has 0 aromatic heterocycles. The molecule has 21 heavy (non-hydrogen) atoms. The zero-order valence-corrected chi connectivity index (χ0v) is 12.3. The van der Waals surface area contributed by atoms with E-state index in [1.165, 1.54) is 0 Å². The molecule has 1 aromatic carbocycles. The summed E-state index contributed by atoms with van der Waals surface area (Å²) in [4.78, 5) is 11.6. The second-order valence-electron chi connectivity index (χ2n) is 5.48. The van der Waals surface area contributed by atoms with E-state index in [-0.39, 0.29) is 11.5 Å². The number of halogens is 3. The molecule has 0 heterocycles. The van der Waals surface area contributed by atoms with Gasteiger partial charge in [0.2, 0.25) is 5.91 Å². The lowest BCUT2D eigenvalue weighted by atomic mass is 9.78. The first-order valence-corrected chi connectivity index (χ1v) is 6.62. The fraction of sp³-hybridized carbons (Fsp3) is 0.533. The lowest BCUT2D eigenvalue weighted by Crippen LogP contribution is -2.46. The molecule has 0 saturated heterocycles. The van der Waals surface area contributed by atoms with Crippen molar-refractivity contribution in [2.24, 2.45) is 0 Å². The highest BCUT2D eigenvalue weighted by atomic mass is 19.4. The third kappa shape index (κ3) is 5.75. The van der Waals surface area contributed by atoms with E-state index in [0.717, 1.165) is 5.56 Å². The molecule has 1 N–H and O–H groups in total. The van der Waals surface area contributed by atoms with Crippen LogP contribution < -0.4 is 5.32 Å². The normalized spacial score (nSPS) is 13.8. The van der Waals surface area contributed by atoms with Crippen LogP contribution in [0.25, 0.3) is 0 Å². The van der Waals surface area contributed by atoms with Crippen LogP contribution in [0.15, 0.2) is 30.3 Å². The largest absolute Gasteiger partial charge is 0.411 e. The van der Waals surface area contributed by atoms with Crippen molar-refractivity contribution in [1.29, 1.82) is 0 Å². The monoisotopic (exact) mass is 303 g/mol. The van der Waals surface area contributed by atoms with Crippen LogP contribution in [0.1, 0.15) is 26.3 Å². The van der Waals surface area contributed by atoms with Crippen molar-refractivity contribution in [3.63, 3.8) is 0 Å². The average molecular weight is 303 g/mol. The molecule has 0 saturated carbocycles. The summed E-state index contributed by atoms with van der Waals surface area (Å²) in [5.74, 6) is -0.559. The first kappa shape index (κ1) is 17.5. The highest BCUT2D eigenvalue weighted by Crippen LogP contribution is 2.26. The van der Waals surface area contributed by atoms with Crippen LogP contribution in [0, 0.1) is 0 Å². The number of rotatable bonds is 6. The van der Waals surface area contributed by atoms with Gasteiger partial charge in [0, 0.05) is 11.5 Å². The summed E-state index contributed by atoms with van der Waals surface area (Å²) in [6, 6.07) is 9.34. The Morgan fingerprint density at radius 2 is 1.81 bits per heavy atom. The van der Waals surface area contributed by atoms with Gasteiger partial charge in [0.05, 0.1) is 0 Å². The molecule has 1 atom stereocenters. The third-order valence-electron chi connectivity index (χ3n) is 3.48. The molecule has 1 amide bonds. The van der Waals surface area contributed by atoms with Crippen LogP contribution in [0.4, 0.5) is 13.2 Å². The molecular weight excluding hydrogens is 283 g/mol. The molecule has 6 heteroatoms. The number of alkyl halides is 3. The second kappa shape index (κ2) is 6.93. The summed E-state index contributed by atoms with van der Waals surface area (Å²) in [5.41, 5.74) is 0.690. The molecule has 0 aliphatic heterocycles. The molecule has 0 fully saturated rings. The zero-order valence-electron chi connectivity index (χ0n) is 12.3. The summed E-state index contributed by atoms with van der Waals surface area (Å²) < 4.78 is 40.1. The van der Waals surface area contributed by atoms with Crippen molar-refractivity contribution in [2.45, 2.75) is 38.4 Å². The SMILES string of the molecule is C[C@H](NC(=O)COCC(F)(F)F)C(C)(C)c1ccccc1. The van der Waals surface area contributed by atoms with Crippen LogP contribution in [-0.2, 0) is 14.9 Å². The van der Waals surface area contributed by atoms with Gasteiger partial charge in [-0.25, -0.2) is 0 Å². The maximum Gasteiger partial charge on any atom is 0.411 e. The van der Waals surface area contributed by atoms with Crippen LogP contribution in [-0.4, -0.2) is 31.3 Å². The Morgan fingerprint density at radius 3 is 2.33 bits per heavy atom. The van der Waals surface area contributed by atoms with E-state index in [9.17, 15) is 18.0 Å². The van der Waals surface area contributed by atoms with Crippen molar-refractivity contribution in [1.82, 2.24) is 5.32 Å². The van der Waals surface area contributed by atoms with Gasteiger partial charge in [-0.2, -0.15) is 13.2 Å². The molecule has 3 nitrogen and oxygen atoms in total.